The molecule has 0 saturated heterocycles. The second-order valence-corrected chi connectivity index (χ2v) is 4.04. The monoisotopic (exact) mass is 258 g/mol. The summed E-state index contributed by atoms with van der Waals surface area (Å²) in [7, 11) is 1.45. The Morgan fingerprint density at radius 3 is 2.79 bits per heavy atom. The fourth-order valence-electron chi connectivity index (χ4n) is 1.71. The molecule has 0 atom stereocenters. The number of hydrogen-bond donors (Lipinski definition) is 2. The summed E-state index contributed by atoms with van der Waals surface area (Å²) in [6.45, 7) is 1.94. The summed E-state index contributed by atoms with van der Waals surface area (Å²) in [5, 5.41) is 12.2. The van der Waals surface area contributed by atoms with Crippen LogP contribution in [0.2, 0.25) is 0 Å². The minimum atomic E-state index is -1.01. The van der Waals surface area contributed by atoms with Gasteiger partial charge in [0.2, 0.25) is 0 Å². The lowest BCUT2D eigenvalue weighted by Crippen LogP contribution is -2.01. The highest BCUT2D eigenvalue weighted by molar-refractivity contribution is 5.91. The van der Waals surface area contributed by atoms with Crippen LogP contribution in [0.5, 0.6) is 5.75 Å². The van der Waals surface area contributed by atoms with Gasteiger partial charge in [0.25, 0.3) is 0 Å². The molecule has 98 valence electrons. The lowest BCUT2D eigenvalue weighted by molar-refractivity contribution is 0.0693. The number of ether oxygens (including phenoxy) is 1. The standard InChI is InChI=1S/C14H14N2O3/c1-9-8-15-6-5-12(9)16-10-3-4-11(14(17)18)13(7-10)19-2/h3-8H,1-2H3,(H,15,16)(H,17,18). The van der Waals surface area contributed by atoms with Gasteiger partial charge in [-0.2, -0.15) is 0 Å². The van der Waals surface area contributed by atoms with Crippen molar-refractivity contribution in [1.29, 1.82) is 0 Å². The topological polar surface area (TPSA) is 71.5 Å². The predicted octanol–water partition coefficient (Wildman–Crippen LogP) is 2.84. The fraction of sp³-hybridized carbons (Fsp3) is 0.143. The number of carbonyl (C=O) groups is 1. The molecule has 19 heavy (non-hydrogen) atoms. The molecular formula is C14H14N2O3. The van der Waals surface area contributed by atoms with Gasteiger partial charge in [0.05, 0.1) is 7.11 Å². The van der Waals surface area contributed by atoms with E-state index in [2.05, 4.69) is 10.3 Å². The number of carboxylic acids is 1. The van der Waals surface area contributed by atoms with Crippen molar-refractivity contribution >= 4 is 17.3 Å². The molecule has 1 aromatic carbocycles. The summed E-state index contributed by atoms with van der Waals surface area (Å²) in [6.07, 6.45) is 3.45. The van der Waals surface area contributed by atoms with Crippen LogP contribution in [-0.2, 0) is 0 Å². The maximum atomic E-state index is 11.0. The number of aromatic carboxylic acids is 1. The third-order valence-electron chi connectivity index (χ3n) is 2.73. The molecule has 0 saturated carbocycles. The molecule has 0 amide bonds. The Labute approximate surface area is 110 Å². The van der Waals surface area contributed by atoms with E-state index in [0.717, 1.165) is 16.9 Å². The molecule has 0 spiro atoms. The van der Waals surface area contributed by atoms with E-state index in [1.165, 1.54) is 13.2 Å². The van der Waals surface area contributed by atoms with Gasteiger partial charge in [-0.1, -0.05) is 0 Å². The van der Waals surface area contributed by atoms with Gasteiger partial charge in [0, 0.05) is 29.8 Å². The second kappa shape index (κ2) is 5.39. The number of aryl methyl sites for hydroxylation is 1. The first kappa shape index (κ1) is 12.9. The van der Waals surface area contributed by atoms with Crippen molar-refractivity contribution in [3.05, 3.63) is 47.8 Å². The quantitative estimate of drug-likeness (QED) is 0.882. The highest BCUT2D eigenvalue weighted by Gasteiger charge is 2.11. The Morgan fingerprint density at radius 2 is 2.16 bits per heavy atom. The van der Waals surface area contributed by atoms with Crippen LogP contribution < -0.4 is 10.1 Å². The van der Waals surface area contributed by atoms with E-state index in [0.29, 0.717) is 5.75 Å². The molecule has 0 bridgehead atoms. The number of hydrogen-bond acceptors (Lipinski definition) is 4. The van der Waals surface area contributed by atoms with Crippen LogP contribution >= 0.6 is 0 Å². The number of methoxy groups -OCH3 is 1. The molecule has 1 aromatic heterocycles. The van der Waals surface area contributed by atoms with E-state index >= 15 is 0 Å². The van der Waals surface area contributed by atoms with Gasteiger partial charge in [0.15, 0.2) is 0 Å². The number of carboxylic acid groups (broad SMARTS) is 1. The van der Waals surface area contributed by atoms with Crippen LogP contribution in [0.4, 0.5) is 11.4 Å². The maximum absolute atomic E-state index is 11.0. The van der Waals surface area contributed by atoms with Crippen LogP contribution in [0, 0.1) is 6.92 Å². The molecule has 2 aromatic rings. The van der Waals surface area contributed by atoms with Crippen LogP contribution in [0.1, 0.15) is 15.9 Å². The summed E-state index contributed by atoms with van der Waals surface area (Å²) < 4.78 is 5.08. The first-order chi connectivity index (χ1) is 9.11. The van der Waals surface area contributed by atoms with E-state index < -0.39 is 5.97 Å². The number of nitrogens with one attached hydrogen (secondary N) is 1. The summed E-state index contributed by atoms with van der Waals surface area (Å²) >= 11 is 0. The van der Waals surface area contributed by atoms with E-state index in [4.69, 9.17) is 9.84 Å². The van der Waals surface area contributed by atoms with Crippen LogP contribution in [0.3, 0.4) is 0 Å². The number of rotatable bonds is 4. The van der Waals surface area contributed by atoms with E-state index in [-0.39, 0.29) is 5.56 Å². The van der Waals surface area contributed by atoms with E-state index in [1.54, 1.807) is 24.5 Å². The number of anilines is 2. The van der Waals surface area contributed by atoms with E-state index in [1.807, 2.05) is 13.0 Å². The van der Waals surface area contributed by atoms with Crippen molar-refractivity contribution in [3.8, 4) is 5.75 Å². The minimum Gasteiger partial charge on any atom is -0.496 e. The van der Waals surface area contributed by atoms with Gasteiger partial charge in [-0.15, -0.1) is 0 Å². The molecule has 5 nitrogen and oxygen atoms in total. The maximum Gasteiger partial charge on any atom is 0.339 e. The summed E-state index contributed by atoms with van der Waals surface area (Å²) in [5.74, 6) is -0.687. The molecule has 2 rings (SSSR count). The highest BCUT2D eigenvalue weighted by atomic mass is 16.5. The Hall–Kier alpha value is -2.56. The van der Waals surface area contributed by atoms with Gasteiger partial charge in [-0.3, -0.25) is 4.98 Å². The molecule has 0 aliphatic rings. The zero-order valence-corrected chi connectivity index (χ0v) is 10.7. The normalized spacial score (nSPS) is 10.0. The molecule has 2 N–H and O–H groups in total. The van der Waals surface area contributed by atoms with Crippen molar-refractivity contribution in [2.75, 3.05) is 12.4 Å². The minimum absolute atomic E-state index is 0.138. The zero-order chi connectivity index (χ0) is 13.8. The summed E-state index contributed by atoms with van der Waals surface area (Å²) in [6, 6.07) is 6.72. The highest BCUT2D eigenvalue weighted by Crippen LogP contribution is 2.26. The van der Waals surface area contributed by atoms with Gasteiger partial charge in [-0.25, -0.2) is 4.79 Å². The largest absolute Gasteiger partial charge is 0.496 e. The molecular weight excluding hydrogens is 244 g/mol. The Bertz CT molecular complexity index is 611. The lowest BCUT2D eigenvalue weighted by Gasteiger charge is -2.11. The molecule has 0 unspecified atom stereocenters. The SMILES string of the molecule is COc1cc(Nc2ccncc2C)ccc1C(=O)O. The number of benzene rings is 1. The fourth-order valence-corrected chi connectivity index (χ4v) is 1.71. The molecule has 5 heteroatoms. The lowest BCUT2D eigenvalue weighted by atomic mass is 10.1. The summed E-state index contributed by atoms with van der Waals surface area (Å²) in [4.78, 5) is 15.0. The van der Waals surface area contributed by atoms with Crippen molar-refractivity contribution in [2.24, 2.45) is 0 Å². The second-order valence-electron chi connectivity index (χ2n) is 4.04. The molecule has 1 heterocycles. The van der Waals surface area contributed by atoms with Gasteiger partial charge >= 0.3 is 5.97 Å². The predicted molar refractivity (Wildman–Crippen MR) is 72.2 cm³/mol. The number of pyridine rings is 1. The third-order valence-corrected chi connectivity index (χ3v) is 2.73. The average molecular weight is 258 g/mol. The molecule has 0 fully saturated rings. The Kier molecular flexibility index (Phi) is 3.66. The van der Waals surface area contributed by atoms with Gasteiger partial charge < -0.3 is 15.2 Å². The van der Waals surface area contributed by atoms with Crippen LogP contribution in [0.15, 0.2) is 36.7 Å². The smallest absolute Gasteiger partial charge is 0.339 e. The van der Waals surface area contributed by atoms with Gasteiger partial charge in [-0.05, 0) is 30.7 Å². The number of aromatic nitrogens is 1. The average Bonchev–Trinajstić information content (AvgIpc) is 2.41. The van der Waals surface area contributed by atoms with Crippen LogP contribution in [-0.4, -0.2) is 23.2 Å². The third kappa shape index (κ3) is 2.82. The summed E-state index contributed by atoms with van der Waals surface area (Å²) in [5.41, 5.74) is 2.82. The van der Waals surface area contributed by atoms with Crippen molar-refractivity contribution in [3.63, 3.8) is 0 Å². The zero-order valence-electron chi connectivity index (χ0n) is 10.7. The van der Waals surface area contributed by atoms with Gasteiger partial charge in [0.1, 0.15) is 11.3 Å². The first-order valence-corrected chi connectivity index (χ1v) is 5.71. The Morgan fingerprint density at radius 1 is 1.37 bits per heavy atom. The Balaban J connectivity index is 2.32. The van der Waals surface area contributed by atoms with Crippen molar-refractivity contribution < 1.29 is 14.6 Å². The van der Waals surface area contributed by atoms with E-state index in [9.17, 15) is 4.79 Å². The number of nitrogens with zero attached hydrogens (tertiary/aromatic N) is 1. The van der Waals surface area contributed by atoms with Crippen LogP contribution in [0.25, 0.3) is 0 Å². The first-order valence-electron chi connectivity index (χ1n) is 5.71. The molecule has 0 aliphatic carbocycles. The molecule has 0 radical (unpaired) electrons. The van der Waals surface area contributed by atoms with Crippen molar-refractivity contribution in [1.82, 2.24) is 4.98 Å². The molecule has 0 aliphatic heterocycles. The van der Waals surface area contributed by atoms with Crippen molar-refractivity contribution in [2.45, 2.75) is 6.92 Å².